The van der Waals surface area contributed by atoms with Gasteiger partial charge in [-0.2, -0.15) is 0 Å². The summed E-state index contributed by atoms with van der Waals surface area (Å²) in [4.78, 5) is 13.6. The minimum atomic E-state index is -0.183. The largest absolute Gasteiger partial charge is 0.383 e. The van der Waals surface area contributed by atoms with Crippen LogP contribution in [0.3, 0.4) is 0 Å². The third kappa shape index (κ3) is 4.22. The van der Waals surface area contributed by atoms with E-state index >= 15 is 0 Å². The molecule has 3 heteroatoms. The fourth-order valence-electron chi connectivity index (χ4n) is 2.01. The Labute approximate surface area is 100 Å². The highest BCUT2D eigenvalue weighted by Gasteiger charge is 2.29. The lowest BCUT2D eigenvalue weighted by molar-refractivity contribution is -0.118. The maximum atomic E-state index is 11.3. The number of ether oxygens (including phenoxy) is 1. The third-order valence-corrected chi connectivity index (χ3v) is 3.61. The Hall–Kier alpha value is -0.410. The van der Waals surface area contributed by atoms with Crippen molar-refractivity contribution in [1.29, 1.82) is 0 Å². The number of carbonyl (C=O) groups excluding carboxylic acids is 1. The zero-order chi connectivity index (χ0) is 12.6. The van der Waals surface area contributed by atoms with Crippen LogP contribution < -0.4 is 0 Å². The first-order chi connectivity index (χ1) is 7.59. The molecule has 0 fully saturated rings. The Bertz CT molecular complexity index is 190. The number of carbonyl (C=O) groups is 1. The van der Waals surface area contributed by atoms with E-state index in [1.54, 1.807) is 7.11 Å². The van der Waals surface area contributed by atoms with Crippen LogP contribution in [-0.4, -0.2) is 44.0 Å². The van der Waals surface area contributed by atoms with Crippen molar-refractivity contribution in [2.75, 3.05) is 26.8 Å². The maximum Gasteiger partial charge on any atom is 0.127 e. The van der Waals surface area contributed by atoms with Crippen molar-refractivity contribution in [3.8, 4) is 0 Å². The predicted molar refractivity (Wildman–Crippen MR) is 67.7 cm³/mol. The van der Waals surface area contributed by atoms with Gasteiger partial charge in [-0.15, -0.1) is 0 Å². The average Bonchev–Trinajstić information content (AvgIpc) is 2.32. The van der Waals surface area contributed by atoms with Crippen LogP contribution in [0.5, 0.6) is 0 Å². The molecule has 3 nitrogen and oxygen atoms in total. The van der Waals surface area contributed by atoms with Crippen molar-refractivity contribution in [1.82, 2.24) is 4.90 Å². The number of hydrogen-bond acceptors (Lipinski definition) is 3. The highest BCUT2D eigenvalue weighted by molar-refractivity contribution is 5.59. The first-order valence-electron chi connectivity index (χ1n) is 6.28. The fourth-order valence-corrected chi connectivity index (χ4v) is 2.01. The zero-order valence-electron chi connectivity index (χ0n) is 11.5. The molecular weight excluding hydrogens is 202 g/mol. The maximum absolute atomic E-state index is 11.3. The molecule has 0 amide bonds. The summed E-state index contributed by atoms with van der Waals surface area (Å²) < 4.78 is 5.17. The van der Waals surface area contributed by atoms with E-state index in [2.05, 4.69) is 32.6 Å². The van der Waals surface area contributed by atoms with Crippen molar-refractivity contribution in [3.05, 3.63) is 0 Å². The summed E-state index contributed by atoms with van der Waals surface area (Å²) in [5, 5.41) is 0. The van der Waals surface area contributed by atoms with E-state index in [0.29, 0.717) is 6.04 Å². The van der Waals surface area contributed by atoms with Crippen molar-refractivity contribution in [2.24, 2.45) is 5.41 Å². The normalized spacial score (nSPS) is 14.1. The van der Waals surface area contributed by atoms with Crippen LogP contribution >= 0.6 is 0 Å². The van der Waals surface area contributed by atoms with Crippen molar-refractivity contribution >= 4 is 6.29 Å². The van der Waals surface area contributed by atoms with E-state index in [4.69, 9.17) is 4.74 Å². The molecular formula is C13H27NO2. The lowest BCUT2D eigenvalue weighted by Crippen LogP contribution is -2.44. The molecule has 0 bridgehead atoms. The van der Waals surface area contributed by atoms with Crippen LogP contribution in [0.15, 0.2) is 0 Å². The summed E-state index contributed by atoms with van der Waals surface area (Å²) in [5.41, 5.74) is -0.183. The molecule has 0 aromatic rings. The van der Waals surface area contributed by atoms with Gasteiger partial charge in [0, 0.05) is 25.1 Å². The topological polar surface area (TPSA) is 29.5 Å². The number of nitrogens with zero attached hydrogens (tertiary/aromatic N) is 1. The Morgan fingerprint density at radius 2 is 1.88 bits per heavy atom. The molecule has 0 saturated carbocycles. The summed E-state index contributed by atoms with van der Waals surface area (Å²) in [5.74, 6) is 0. The molecule has 0 aliphatic rings. The molecule has 0 aromatic carbocycles. The molecule has 0 heterocycles. The van der Waals surface area contributed by atoms with Crippen LogP contribution in [0.2, 0.25) is 0 Å². The zero-order valence-corrected chi connectivity index (χ0v) is 11.5. The number of likely N-dealkylation sites (N-methyl/N-ethyl adjacent to an activating group) is 1. The van der Waals surface area contributed by atoms with Gasteiger partial charge in [0.15, 0.2) is 0 Å². The summed E-state index contributed by atoms with van der Waals surface area (Å²) in [6, 6.07) is 0.368. The monoisotopic (exact) mass is 229 g/mol. The highest BCUT2D eigenvalue weighted by atomic mass is 16.5. The van der Waals surface area contributed by atoms with Crippen molar-refractivity contribution in [3.63, 3.8) is 0 Å². The quantitative estimate of drug-likeness (QED) is 0.568. The molecule has 0 aliphatic carbocycles. The third-order valence-electron chi connectivity index (χ3n) is 3.61. The molecule has 0 aliphatic heterocycles. The average molecular weight is 229 g/mol. The summed E-state index contributed by atoms with van der Waals surface area (Å²) in [6.45, 7) is 11.0. The Kier molecular flexibility index (Phi) is 7.60. The molecule has 1 atom stereocenters. The lowest BCUT2D eigenvalue weighted by Gasteiger charge is -2.35. The lowest BCUT2D eigenvalue weighted by atomic mass is 9.83. The van der Waals surface area contributed by atoms with Crippen LogP contribution in [-0.2, 0) is 9.53 Å². The van der Waals surface area contributed by atoms with Gasteiger partial charge in [-0.25, -0.2) is 0 Å². The molecule has 16 heavy (non-hydrogen) atoms. The van der Waals surface area contributed by atoms with Gasteiger partial charge in [-0.3, -0.25) is 4.90 Å². The number of rotatable bonds is 9. The molecule has 96 valence electrons. The number of methoxy groups -OCH3 is 1. The van der Waals surface area contributed by atoms with Gasteiger partial charge in [0.1, 0.15) is 6.29 Å². The Balaban J connectivity index is 4.54. The summed E-state index contributed by atoms with van der Waals surface area (Å²) in [6.07, 6.45) is 2.95. The molecule has 0 radical (unpaired) electrons. The van der Waals surface area contributed by atoms with Gasteiger partial charge >= 0.3 is 0 Å². The molecule has 0 N–H and O–H groups in total. The smallest absolute Gasteiger partial charge is 0.127 e. The molecule has 0 rings (SSSR count). The van der Waals surface area contributed by atoms with E-state index in [0.717, 1.165) is 38.8 Å². The summed E-state index contributed by atoms with van der Waals surface area (Å²) in [7, 11) is 1.72. The highest BCUT2D eigenvalue weighted by Crippen LogP contribution is 2.25. The predicted octanol–water partition coefficient (Wildman–Crippen LogP) is 2.35. The standard InChI is InChI=1S/C13H27NO2/c1-6-13(7-2,11-15)10-14(8-3)12(4)9-16-5/h11-12H,6-10H2,1-5H3. The number of hydrogen-bond donors (Lipinski definition) is 0. The van der Waals surface area contributed by atoms with Gasteiger partial charge in [0.2, 0.25) is 0 Å². The van der Waals surface area contributed by atoms with E-state index in [-0.39, 0.29) is 5.41 Å². The van der Waals surface area contributed by atoms with Gasteiger partial charge in [-0.1, -0.05) is 20.8 Å². The van der Waals surface area contributed by atoms with E-state index in [1.807, 2.05) is 0 Å². The van der Waals surface area contributed by atoms with Crippen molar-refractivity contribution in [2.45, 2.75) is 46.6 Å². The van der Waals surface area contributed by atoms with E-state index in [9.17, 15) is 4.79 Å². The molecule has 0 aromatic heterocycles. The van der Waals surface area contributed by atoms with Gasteiger partial charge in [0.25, 0.3) is 0 Å². The van der Waals surface area contributed by atoms with Crippen LogP contribution in [0, 0.1) is 5.41 Å². The first-order valence-corrected chi connectivity index (χ1v) is 6.28. The van der Waals surface area contributed by atoms with Crippen molar-refractivity contribution < 1.29 is 9.53 Å². The van der Waals surface area contributed by atoms with Gasteiger partial charge < -0.3 is 9.53 Å². The van der Waals surface area contributed by atoms with E-state index < -0.39 is 0 Å². The molecule has 0 spiro atoms. The second-order valence-electron chi connectivity index (χ2n) is 4.55. The molecule has 1 unspecified atom stereocenters. The first kappa shape index (κ1) is 15.6. The minimum Gasteiger partial charge on any atom is -0.383 e. The number of aldehydes is 1. The van der Waals surface area contributed by atoms with Gasteiger partial charge in [0.05, 0.1) is 6.61 Å². The van der Waals surface area contributed by atoms with E-state index in [1.165, 1.54) is 0 Å². The SMILES string of the molecule is CCN(CC(C=O)(CC)CC)C(C)COC. The Morgan fingerprint density at radius 1 is 1.31 bits per heavy atom. The minimum absolute atomic E-state index is 0.183. The molecule has 0 saturated heterocycles. The second-order valence-corrected chi connectivity index (χ2v) is 4.55. The Morgan fingerprint density at radius 3 is 2.19 bits per heavy atom. The van der Waals surface area contributed by atoms with Crippen LogP contribution in [0.25, 0.3) is 0 Å². The van der Waals surface area contributed by atoms with Crippen LogP contribution in [0.4, 0.5) is 0 Å². The van der Waals surface area contributed by atoms with Gasteiger partial charge in [-0.05, 0) is 26.3 Å². The summed E-state index contributed by atoms with van der Waals surface area (Å²) >= 11 is 0. The van der Waals surface area contributed by atoms with Crippen LogP contribution in [0.1, 0.15) is 40.5 Å². The second kappa shape index (κ2) is 7.80. The fraction of sp³-hybridized carbons (Fsp3) is 0.923.